The number of hydrogen-bond donors (Lipinski definition) is 1. The van der Waals surface area contributed by atoms with Gasteiger partial charge in [0, 0.05) is 11.5 Å². The number of methoxy groups -OCH3 is 1. The molecule has 0 heterocycles. The third kappa shape index (κ3) is 3.61. The zero-order chi connectivity index (χ0) is 11.1. The fourth-order valence-electron chi connectivity index (χ4n) is 1.28. The van der Waals surface area contributed by atoms with Crippen LogP contribution in [0.4, 0.5) is 0 Å². The number of thioether (sulfide) groups is 1. The van der Waals surface area contributed by atoms with Crippen LogP contribution < -0.4 is 4.74 Å². The van der Waals surface area contributed by atoms with Gasteiger partial charge < -0.3 is 9.84 Å². The lowest BCUT2D eigenvalue weighted by Gasteiger charge is -2.08. The third-order valence-corrected chi connectivity index (χ3v) is 3.05. The Bertz CT molecular complexity index is 323. The fraction of sp³-hybridized carbons (Fsp3) is 0.333. The number of hydrogen-bond acceptors (Lipinski definition) is 3. The molecule has 0 aliphatic rings. The topological polar surface area (TPSA) is 29.5 Å². The van der Waals surface area contributed by atoms with Gasteiger partial charge in [-0.1, -0.05) is 18.7 Å². The van der Waals surface area contributed by atoms with Gasteiger partial charge in [0.2, 0.25) is 0 Å². The van der Waals surface area contributed by atoms with E-state index in [2.05, 4.69) is 6.58 Å². The summed E-state index contributed by atoms with van der Waals surface area (Å²) in [5, 5.41) is 8.71. The summed E-state index contributed by atoms with van der Waals surface area (Å²) < 4.78 is 5.17. The molecule has 0 aromatic heterocycles. The van der Waals surface area contributed by atoms with Gasteiger partial charge in [-0.3, -0.25) is 0 Å². The molecule has 3 heteroatoms. The lowest BCUT2D eigenvalue weighted by molar-refractivity contribution is 0.322. The third-order valence-electron chi connectivity index (χ3n) is 2.06. The highest BCUT2D eigenvalue weighted by Gasteiger charge is 2.01. The summed E-state index contributed by atoms with van der Waals surface area (Å²) in [7, 11) is 1.66. The Morgan fingerprint density at radius 3 is 2.93 bits per heavy atom. The van der Waals surface area contributed by atoms with Crippen LogP contribution in [0.25, 0.3) is 6.08 Å². The molecule has 2 nitrogen and oxygen atoms in total. The zero-order valence-corrected chi connectivity index (χ0v) is 9.72. The first-order chi connectivity index (χ1) is 7.31. The Labute approximate surface area is 95.0 Å². The van der Waals surface area contributed by atoms with Crippen molar-refractivity contribution in [1.82, 2.24) is 0 Å². The van der Waals surface area contributed by atoms with Gasteiger partial charge in [0.05, 0.1) is 13.7 Å². The molecule has 0 fully saturated rings. The summed E-state index contributed by atoms with van der Waals surface area (Å²) in [5.41, 5.74) is 2.32. The Kier molecular flexibility index (Phi) is 5.29. The van der Waals surface area contributed by atoms with E-state index in [1.807, 2.05) is 24.3 Å². The van der Waals surface area contributed by atoms with Crippen molar-refractivity contribution in [1.29, 1.82) is 0 Å². The Hall–Kier alpha value is -0.930. The molecule has 0 bridgehead atoms. The quantitative estimate of drug-likeness (QED) is 0.753. The smallest absolute Gasteiger partial charge is 0.119 e. The molecule has 82 valence electrons. The molecule has 0 radical (unpaired) electrons. The van der Waals surface area contributed by atoms with Gasteiger partial charge >= 0.3 is 0 Å². The summed E-state index contributed by atoms with van der Waals surface area (Å²) in [5.74, 6) is 2.49. The van der Waals surface area contributed by atoms with E-state index >= 15 is 0 Å². The minimum atomic E-state index is 0.220. The van der Waals surface area contributed by atoms with Gasteiger partial charge in [0.25, 0.3) is 0 Å². The highest BCUT2D eigenvalue weighted by Crippen LogP contribution is 2.22. The van der Waals surface area contributed by atoms with Gasteiger partial charge in [0.15, 0.2) is 0 Å². The summed E-state index contributed by atoms with van der Waals surface area (Å²) in [6.07, 6.45) is 1.84. The summed E-state index contributed by atoms with van der Waals surface area (Å²) in [4.78, 5) is 0. The molecule has 1 N–H and O–H groups in total. The van der Waals surface area contributed by atoms with E-state index in [1.165, 1.54) is 5.56 Å². The maximum atomic E-state index is 8.71. The lowest BCUT2D eigenvalue weighted by Crippen LogP contribution is -1.92. The molecule has 0 spiro atoms. The summed E-state index contributed by atoms with van der Waals surface area (Å²) >= 11 is 1.70. The molecule has 0 saturated carbocycles. The monoisotopic (exact) mass is 224 g/mol. The van der Waals surface area contributed by atoms with Crippen LogP contribution in [0.3, 0.4) is 0 Å². The molecule has 1 aromatic rings. The first-order valence-electron chi connectivity index (χ1n) is 4.79. The first kappa shape index (κ1) is 12.1. The minimum absolute atomic E-state index is 0.220. The maximum Gasteiger partial charge on any atom is 0.119 e. The summed E-state index contributed by atoms with van der Waals surface area (Å²) in [6, 6.07) is 5.94. The molecule has 0 unspecified atom stereocenters. The Balaban J connectivity index is 2.76. The molecule has 0 aliphatic heterocycles. The van der Waals surface area contributed by atoms with Crippen LogP contribution in [-0.2, 0) is 5.75 Å². The van der Waals surface area contributed by atoms with Crippen LogP contribution in [0.5, 0.6) is 5.75 Å². The van der Waals surface area contributed by atoms with Crippen molar-refractivity contribution in [2.45, 2.75) is 5.75 Å². The predicted molar refractivity (Wildman–Crippen MR) is 66.3 cm³/mol. The minimum Gasteiger partial charge on any atom is -0.497 e. The molecule has 15 heavy (non-hydrogen) atoms. The SMILES string of the molecule is C=Cc1ccc(OC)cc1CSCCO. The van der Waals surface area contributed by atoms with Gasteiger partial charge in [-0.15, -0.1) is 0 Å². The van der Waals surface area contributed by atoms with Gasteiger partial charge in [-0.25, -0.2) is 0 Å². The van der Waals surface area contributed by atoms with Gasteiger partial charge in [0.1, 0.15) is 5.75 Å². The summed E-state index contributed by atoms with van der Waals surface area (Å²) in [6.45, 7) is 4.00. The number of benzene rings is 1. The van der Waals surface area contributed by atoms with Crippen molar-refractivity contribution < 1.29 is 9.84 Å². The van der Waals surface area contributed by atoms with Crippen LogP contribution in [0.15, 0.2) is 24.8 Å². The van der Waals surface area contributed by atoms with E-state index < -0.39 is 0 Å². The molecule has 0 amide bonds. The van der Waals surface area contributed by atoms with Crippen LogP contribution in [0.1, 0.15) is 11.1 Å². The number of ether oxygens (including phenoxy) is 1. The van der Waals surface area contributed by atoms with Crippen LogP contribution in [0.2, 0.25) is 0 Å². The van der Waals surface area contributed by atoms with Crippen LogP contribution in [0, 0.1) is 0 Å². The average molecular weight is 224 g/mol. The van der Waals surface area contributed by atoms with Crippen molar-refractivity contribution in [3.63, 3.8) is 0 Å². The Morgan fingerprint density at radius 1 is 1.53 bits per heavy atom. The van der Waals surface area contributed by atoms with Crippen molar-refractivity contribution in [3.05, 3.63) is 35.9 Å². The number of aliphatic hydroxyl groups is 1. The van der Waals surface area contributed by atoms with E-state index in [1.54, 1.807) is 18.9 Å². The van der Waals surface area contributed by atoms with Gasteiger partial charge in [-0.05, 0) is 23.3 Å². The van der Waals surface area contributed by atoms with Crippen LogP contribution in [-0.4, -0.2) is 24.6 Å². The normalized spacial score (nSPS) is 10.0. The maximum absolute atomic E-state index is 8.71. The lowest BCUT2D eigenvalue weighted by atomic mass is 10.1. The highest BCUT2D eigenvalue weighted by atomic mass is 32.2. The van der Waals surface area contributed by atoms with Gasteiger partial charge in [-0.2, -0.15) is 11.8 Å². The van der Waals surface area contributed by atoms with E-state index in [-0.39, 0.29) is 6.61 Å². The molecule has 1 aromatic carbocycles. The average Bonchev–Trinajstić information content (AvgIpc) is 2.29. The molecule has 0 saturated heterocycles. The van der Waals surface area contributed by atoms with E-state index in [0.29, 0.717) is 0 Å². The van der Waals surface area contributed by atoms with Crippen molar-refractivity contribution in [2.24, 2.45) is 0 Å². The van der Waals surface area contributed by atoms with Crippen molar-refractivity contribution >= 4 is 17.8 Å². The second kappa shape index (κ2) is 6.53. The molecule has 1 rings (SSSR count). The standard InChI is InChI=1S/C12H16O2S/c1-3-10-4-5-12(14-2)8-11(10)9-15-7-6-13/h3-5,8,13H,1,6-7,9H2,2H3. The Morgan fingerprint density at radius 2 is 2.33 bits per heavy atom. The van der Waals surface area contributed by atoms with Crippen LogP contribution >= 0.6 is 11.8 Å². The number of rotatable bonds is 6. The molecule has 0 aliphatic carbocycles. The van der Waals surface area contributed by atoms with Crippen molar-refractivity contribution in [3.8, 4) is 5.75 Å². The zero-order valence-electron chi connectivity index (χ0n) is 8.90. The van der Waals surface area contributed by atoms with E-state index in [4.69, 9.17) is 9.84 Å². The number of aliphatic hydroxyl groups excluding tert-OH is 1. The van der Waals surface area contributed by atoms with Crippen molar-refractivity contribution in [2.75, 3.05) is 19.5 Å². The molecular weight excluding hydrogens is 208 g/mol. The molecule has 0 atom stereocenters. The first-order valence-corrected chi connectivity index (χ1v) is 5.95. The largest absolute Gasteiger partial charge is 0.497 e. The second-order valence-electron chi connectivity index (χ2n) is 3.05. The predicted octanol–water partition coefficient (Wildman–Crippen LogP) is 2.56. The van der Waals surface area contributed by atoms with E-state index in [0.717, 1.165) is 22.8 Å². The fourth-order valence-corrected chi connectivity index (χ4v) is 2.02. The molecular formula is C12H16O2S. The second-order valence-corrected chi connectivity index (χ2v) is 4.15. The van der Waals surface area contributed by atoms with E-state index in [9.17, 15) is 0 Å². The highest BCUT2D eigenvalue weighted by molar-refractivity contribution is 7.98.